The summed E-state index contributed by atoms with van der Waals surface area (Å²) in [5, 5.41) is 6.51. The minimum atomic E-state index is 0. The van der Waals surface area contributed by atoms with Crippen molar-refractivity contribution in [3.05, 3.63) is 29.8 Å². The maximum absolute atomic E-state index is 5.75. The van der Waals surface area contributed by atoms with Crippen molar-refractivity contribution >= 4 is 29.9 Å². The van der Waals surface area contributed by atoms with E-state index in [-0.39, 0.29) is 24.0 Å². The summed E-state index contributed by atoms with van der Waals surface area (Å²) in [7, 11) is 0. The molecule has 0 atom stereocenters. The molecule has 0 radical (unpaired) electrons. The monoisotopic (exact) mass is 405 g/mol. The minimum absolute atomic E-state index is 0. The van der Waals surface area contributed by atoms with Crippen LogP contribution < -0.4 is 15.4 Å². The average molecular weight is 405 g/mol. The number of hydrogen-bond donors (Lipinski definition) is 2. The number of hydrogen-bond acceptors (Lipinski definition) is 2. The van der Waals surface area contributed by atoms with E-state index in [4.69, 9.17) is 4.74 Å². The number of rotatable bonds is 7. The summed E-state index contributed by atoms with van der Waals surface area (Å²) in [6.45, 7) is 11.5. The van der Waals surface area contributed by atoms with E-state index in [0.717, 1.165) is 36.9 Å². The topological polar surface area (TPSA) is 45.7 Å². The van der Waals surface area contributed by atoms with E-state index >= 15 is 0 Å². The first-order valence-corrected chi connectivity index (χ1v) is 7.34. The highest BCUT2D eigenvalue weighted by Gasteiger charge is 2.00. The lowest BCUT2D eigenvalue weighted by Crippen LogP contribution is -2.39. The second kappa shape index (κ2) is 11.7. The van der Waals surface area contributed by atoms with Gasteiger partial charge in [-0.05, 0) is 31.4 Å². The first kappa shape index (κ1) is 20.0. The zero-order valence-corrected chi connectivity index (χ0v) is 15.8. The summed E-state index contributed by atoms with van der Waals surface area (Å²) in [5.41, 5.74) is 1.16. The fourth-order valence-corrected chi connectivity index (χ4v) is 1.66. The normalized spacial score (nSPS) is 11.0. The van der Waals surface area contributed by atoms with Crippen LogP contribution in [0.5, 0.6) is 5.75 Å². The molecule has 21 heavy (non-hydrogen) atoms. The Morgan fingerprint density at radius 1 is 1.24 bits per heavy atom. The lowest BCUT2D eigenvalue weighted by molar-refractivity contribution is 0.320. The van der Waals surface area contributed by atoms with Crippen molar-refractivity contribution < 1.29 is 4.74 Å². The molecule has 0 heterocycles. The number of halogens is 1. The van der Waals surface area contributed by atoms with Crippen LogP contribution in [0.4, 0.5) is 0 Å². The lowest BCUT2D eigenvalue weighted by atomic mass is 10.2. The highest BCUT2D eigenvalue weighted by Crippen LogP contribution is 2.15. The molecule has 5 heteroatoms. The van der Waals surface area contributed by atoms with Gasteiger partial charge in [-0.25, -0.2) is 0 Å². The quantitative estimate of drug-likeness (QED) is 0.317. The SMILES string of the molecule is CCNC(=NCC(C)C)NCCOc1ccccc1C.I. The van der Waals surface area contributed by atoms with Gasteiger partial charge in [0.1, 0.15) is 12.4 Å². The zero-order chi connectivity index (χ0) is 14.8. The Kier molecular flexibility index (Phi) is 11.1. The molecule has 0 aromatic heterocycles. The van der Waals surface area contributed by atoms with Crippen molar-refractivity contribution in [3.8, 4) is 5.75 Å². The zero-order valence-electron chi connectivity index (χ0n) is 13.5. The van der Waals surface area contributed by atoms with Crippen LogP contribution in [-0.4, -0.2) is 32.2 Å². The number of nitrogens with zero attached hydrogens (tertiary/aromatic N) is 1. The predicted molar refractivity (Wildman–Crippen MR) is 101 cm³/mol. The Morgan fingerprint density at radius 3 is 2.57 bits per heavy atom. The standard InChI is InChI=1S/C16H27N3O.HI/c1-5-17-16(19-12-13(2)3)18-10-11-20-15-9-7-6-8-14(15)4;/h6-9,13H,5,10-12H2,1-4H3,(H2,17,18,19);1H. The fourth-order valence-electron chi connectivity index (χ4n) is 1.66. The van der Waals surface area contributed by atoms with E-state index in [1.54, 1.807) is 0 Å². The molecule has 0 bridgehead atoms. The molecular formula is C16H28IN3O. The molecule has 0 saturated carbocycles. The minimum Gasteiger partial charge on any atom is -0.491 e. The molecule has 0 saturated heterocycles. The molecule has 120 valence electrons. The Morgan fingerprint density at radius 2 is 1.95 bits per heavy atom. The molecular weight excluding hydrogens is 377 g/mol. The number of nitrogens with one attached hydrogen (secondary N) is 2. The summed E-state index contributed by atoms with van der Waals surface area (Å²) >= 11 is 0. The Labute approximate surface area is 145 Å². The number of ether oxygens (including phenoxy) is 1. The maximum atomic E-state index is 5.75. The summed E-state index contributed by atoms with van der Waals surface area (Å²) in [5.74, 6) is 2.36. The molecule has 0 aliphatic rings. The molecule has 0 unspecified atom stereocenters. The molecule has 0 amide bonds. The first-order valence-electron chi connectivity index (χ1n) is 7.34. The first-order chi connectivity index (χ1) is 9.63. The average Bonchev–Trinajstić information content (AvgIpc) is 2.42. The molecule has 0 spiro atoms. The van der Waals surface area contributed by atoms with Crippen LogP contribution in [-0.2, 0) is 0 Å². The molecule has 1 aromatic carbocycles. The largest absolute Gasteiger partial charge is 0.491 e. The number of para-hydroxylation sites is 1. The van der Waals surface area contributed by atoms with Crippen LogP contribution in [0.15, 0.2) is 29.3 Å². The van der Waals surface area contributed by atoms with Crippen LogP contribution in [0.3, 0.4) is 0 Å². The lowest BCUT2D eigenvalue weighted by Gasteiger charge is -2.13. The van der Waals surface area contributed by atoms with Gasteiger partial charge in [-0.15, -0.1) is 24.0 Å². The van der Waals surface area contributed by atoms with E-state index in [0.29, 0.717) is 12.5 Å². The van der Waals surface area contributed by atoms with Crippen molar-refractivity contribution in [2.45, 2.75) is 27.7 Å². The summed E-state index contributed by atoms with van der Waals surface area (Å²) in [6, 6.07) is 8.05. The van der Waals surface area contributed by atoms with Crippen LogP contribution in [0, 0.1) is 12.8 Å². The Bertz CT molecular complexity index is 422. The van der Waals surface area contributed by atoms with Crippen molar-refractivity contribution in [1.82, 2.24) is 10.6 Å². The molecule has 0 aliphatic carbocycles. The van der Waals surface area contributed by atoms with Crippen molar-refractivity contribution in [1.29, 1.82) is 0 Å². The molecule has 1 aromatic rings. The third-order valence-electron chi connectivity index (χ3n) is 2.70. The maximum Gasteiger partial charge on any atom is 0.191 e. The van der Waals surface area contributed by atoms with E-state index in [2.05, 4.69) is 49.4 Å². The summed E-state index contributed by atoms with van der Waals surface area (Å²) in [4.78, 5) is 4.51. The third-order valence-corrected chi connectivity index (χ3v) is 2.70. The summed E-state index contributed by atoms with van der Waals surface area (Å²) in [6.07, 6.45) is 0. The van der Waals surface area contributed by atoms with Gasteiger partial charge in [0.25, 0.3) is 0 Å². The van der Waals surface area contributed by atoms with Gasteiger partial charge < -0.3 is 15.4 Å². The van der Waals surface area contributed by atoms with Crippen LogP contribution in [0.25, 0.3) is 0 Å². The van der Waals surface area contributed by atoms with Gasteiger partial charge >= 0.3 is 0 Å². The van der Waals surface area contributed by atoms with Crippen LogP contribution in [0.2, 0.25) is 0 Å². The molecule has 0 fully saturated rings. The highest BCUT2D eigenvalue weighted by atomic mass is 127. The van der Waals surface area contributed by atoms with Gasteiger partial charge in [-0.2, -0.15) is 0 Å². The van der Waals surface area contributed by atoms with Gasteiger partial charge in [0.15, 0.2) is 5.96 Å². The third kappa shape index (κ3) is 8.80. The molecule has 2 N–H and O–H groups in total. The van der Waals surface area contributed by atoms with Crippen molar-refractivity contribution in [2.24, 2.45) is 10.9 Å². The van der Waals surface area contributed by atoms with Gasteiger partial charge in [0.05, 0.1) is 6.54 Å². The second-order valence-corrected chi connectivity index (χ2v) is 5.15. The second-order valence-electron chi connectivity index (χ2n) is 5.15. The predicted octanol–water partition coefficient (Wildman–Crippen LogP) is 3.20. The fraction of sp³-hybridized carbons (Fsp3) is 0.562. The van der Waals surface area contributed by atoms with E-state index < -0.39 is 0 Å². The number of aliphatic imine (C=N–C) groups is 1. The van der Waals surface area contributed by atoms with E-state index in [9.17, 15) is 0 Å². The van der Waals surface area contributed by atoms with Crippen molar-refractivity contribution in [2.75, 3.05) is 26.2 Å². The van der Waals surface area contributed by atoms with E-state index in [1.165, 1.54) is 0 Å². The van der Waals surface area contributed by atoms with Gasteiger partial charge in [0, 0.05) is 13.1 Å². The highest BCUT2D eigenvalue weighted by molar-refractivity contribution is 14.0. The molecule has 1 rings (SSSR count). The smallest absolute Gasteiger partial charge is 0.191 e. The van der Waals surface area contributed by atoms with Gasteiger partial charge in [-0.1, -0.05) is 32.0 Å². The van der Waals surface area contributed by atoms with Crippen molar-refractivity contribution in [3.63, 3.8) is 0 Å². The number of benzene rings is 1. The van der Waals surface area contributed by atoms with E-state index in [1.807, 2.05) is 18.2 Å². The van der Waals surface area contributed by atoms with Crippen LogP contribution in [0.1, 0.15) is 26.3 Å². The Hall–Kier alpha value is -0.980. The summed E-state index contributed by atoms with van der Waals surface area (Å²) < 4.78 is 5.75. The number of guanidine groups is 1. The molecule has 4 nitrogen and oxygen atoms in total. The van der Waals surface area contributed by atoms with Gasteiger partial charge in [0.2, 0.25) is 0 Å². The number of aryl methyl sites for hydroxylation is 1. The Balaban J connectivity index is 0.00000400. The van der Waals surface area contributed by atoms with Crippen LogP contribution >= 0.6 is 24.0 Å². The molecule has 0 aliphatic heterocycles. The van der Waals surface area contributed by atoms with Gasteiger partial charge in [-0.3, -0.25) is 4.99 Å².